The summed E-state index contributed by atoms with van der Waals surface area (Å²) in [6.07, 6.45) is 3.93. The van der Waals surface area contributed by atoms with Crippen molar-refractivity contribution in [3.63, 3.8) is 0 Å². The van der Waals surface area contributed by atoms with E-state index in [1.54, 1.807) is 6.07 Å². The molecular weight excluding hydrogens is 516 g/mol. The minimum Gasteiger partial charge on any atom is -0.480 e. The lowest BCUT2D eigenvalue weighted by atomic mass is 10.1. The predicted molar refractivity (Wildman–Crippen MR) is 152 cm³/mol. The van der Waals surface area contributed by atoms with Crippen molar-refractivity contribution in [3.05, 3.63) is 101 Å². The number of rotatable bonds is 10. The highest BCUT2D eigenvalue weighted by Crippen LogP contribution is 2.20. The highest BCUT2D eigenvalue weighted by atomic mass is 32.2. The molecule has 204 valence electrons. The van der Waals surface area contributed by atoms with Gasteiger partial charge in [0.1, 0.15) is 6.04 Å². The highest BCUT2D eigenvalue weighted by molar-refractivity contribution is 7.87. The summed E-state index contributed by atoms with van der Waals surface area (Å²) in [6.45, 7) is 3.29. The third kappa shape index (κ3) is 7.76. The Balaban J connectivity index is 1.31. The molecule has 0 aliphatic carbocycles. The molecule has 1 amide bonds. The normalized spacial score (nSPS) is 15.3. The number of anilines is 1. The summed E-state index contributed by atoms with van der Waals surface area (Å²) < 4.78 is 28.3. The summed E-state index contributed by atoms with van der Waals surface area (Å²) in [5, 5.41) is 11.9. The summed E-state index contributed by atoms with van der Waals surface area (Å²) in [5.74, 6) is -1.35. The van der Waals surface area contributed by atoms with Crippen molar-refractivity contribution >= 4 is 39.9 Å². The zero-order valence-corrected chi connectivity index (χ0v) is 22.5. The number of piperazine rings is 1. The van der Waals surface area contributed by atoms with E-state index in [1.165, 1.54) is 11.2 Å². The van der Waals surface area contributed by atoms with E-state index in [2.05, 4.69) is 14.9 Å². The molecule has 0 radical (unpaired) electrons. The average Bonchev–Trinajstić information content (AvgIpc) is 2.95. The number of carboxylic acids is 1. The van der Waals surface area contributed by atoms with E-state index in [0.29, 0.717) is 25.2 Å². The van der Waals surface area contributed by atoms with E-state index < -0.39 is 22.2 Å². The topological polar surface area (TPSA) is 119 Å². The standard InChI is InChI=1S/C29H32N4O5S/c1-22(29(35)36)31-39(37,38)33-18-16-32(17-19-33)27-14-12-23(13-15-27)10-11-24-8-5-9-26(20-24)28(34)30-21-25-6-3-2-4-7-25/h2-15,20,22,31H,16-19,21H2,1H3,(H,30,34)(H,35,36)/t22-/m1/s1. The first-order valence-electron chi connectivity index (χ1n) is 12.7. The molecule has 1 aliphatic heterocycles. The monoisotopic (exact) mass is 548 g/mol. The third-order valence-corrected chi connectivity index (χ3v) is 8.14. The molecule has 10 heteroatoms. The molecule has 0 unspecified atom stereocenters. The molecule has 3 aromatic carbocycles. The van der Waals surface area contributed by atoms with Gasteiger partial charge in [0, 0.05) is 44.0 Å². The largest absolute Gasteiger partial charge is 0.480 e. The number of benzene rings is 3. The minimum atomic E-state index is -3.86. The van der Waals surface area contributed by atoms with Gasteiger partial charge in [-0.25, -0.2) is 0 Å². The maximum Gasteiger partial charge on any atom is 0.321 e. The Morgan fingerprint density at radius 1 is 0.897 bits per heavy atom. The van der Waals surface area contributed by atoms with E-state index >= 15 is 0 Å². The van der Waals surface area contributed by atoms with E-state index in [9.17, 15) is 18.0 Å². The molecule has 1 fully saturated rings. The number of hydrogen-bond donors (Lipinski definition) is 3. The highest BCUT2D eigenvalue weighted by Gasteiger charge is 2.29. The Morgan fingerprint density at radius 2 is 1.56 bits per heavy atom. The lowest BCUT2D eigenvalue weighted by molar-refractivity contribution is -0.138. The van der Waals surface area contributed by atoms with Crippen LogP contribution < -0.4 is 14.9 Å². The van der Waals surface area contributed by atoms with Gasteiger partial charge in [0.2, 0.25) is 0 Å². The molecule has 1 heterocycles. The molecule has 0 saturated carbocycles. The van der Waals surface area contributed by atoms with Crippen molar-refractivity contribution < 1.29 is 23.1 Å². The molecule has 0 bridgehead atoms. The molecule has 1 atom stereocenters. The Kier molecular flexibility index (Phi) is 9.13. The van der Waals surface area contributed by atoms with Gasteiger partial charge in [-0.3, -0.25) is 9.59 Å². The molecule has 0 spiro atoms. The van der Waals surface area contributed by atoms with Gasteiger partial charge >= 0.3 is 5.97 Å². The molecule has 4 rings (SSSR count). The first-order chi connectivity index (χ1) is 18.7. The van der Waals surface area contributed by atoms with Gasteiger partial charge in [-0.2, -0.15) is 17.4 Å². The van der Waals surface area contributed by atoms with Crippen LogP contribution in [0, 0.1) is 0 Å². The van der Waals surface area contributed by atoms with Crippen LogP contribution >= 0.6 is 0 Å². The summed E-state index contributed by atoms with van der Waals surface area (Å²) in [4.78, 5) is 25.7. The second-order valence-electron chi connectivity index (χ2n) is 9.29. The van der Waals surface area contributed by atoms with Crippen molar-refractivity contribution in [1.29, 1.82) is 0 Å². The second kappa shape index (κ2) is 12.7. The molecule has 1 saturated heterocycles. The van der Waals surface area contributed by atoms with Gasteiger partial charge in [0.05, 0.1) is 0 Å². The molecule has 3 aromatic rings. The van der Waals surface area contributed by atoms with E-state index in [0.717, 1.165) is 22.4 Å². The number of amides is 1. The fraction of sp³-hybridized carbons (Fsp3) is 0.241. The van der Waals surface area contributed by atoms with Crippen LogP contribution in [0.15, 0.2) is 78.9 Å². The molecule has 9 nitrogen and oxygen atoms in total. The van der Waals surface area contributed by atoms with Crippen LogP contribution in [-0.4, -0.2) is 61.9 Å². The molecule has 3 N–H and O–H groups in total. The Morgan fingerprint density at radius 3 is 2.23 bits per heavy atom. The fourth-order valence-electron chi connectivity index (χ4n) is 4.19. The Bertz CT molecular complexity index is 1420. The van der Waals surface area contributed by atoms with Crippen molar-refractivity contribution in [1.82, 2.24) is 14.3 Å². The minimum absolute atomic E-state index is 0.126. The summed E-state index contributed by atoms with van der Waals surface area (Å²) in [6, 6.07) is 24.0. The maximum atomic E-state index is 12.6. The van der Waals surface area contributed by atoms with Gasteiger partial charge < -0.3 is 15.3 Å². The van der Waals surface area contributed by atoms with Gasteiger partial charge in [-0.15, -0.1) is 0 Å². The smallest absolute Gasteiger partial charge is 0.321 e. The summed E-state index contributed by atoms with van der Waals surface area (Å²) >= 11 is 0. The maximum absolute atomic E-state index is 12.6. The van der Waals surface area contributed by atoms with Crippen LogP contribution in [0.1, 0.15) is 34.0 Å². The molecular formula is C29H32N4O5S. The van der Waals surface area contributed by atoms with Gasteiger partial charge in [0.15, 0.2) is 0 Å². The number of carbonyl (C=O) groups is 2. The van der Waals surface area contributed by atoms with Gasteiger partial charge in [-0.05, 0) is 47.9 Å². The quantitative estimate of drug-likeness (QED) is 0.335. The van der Waals surface area contributed by atoms with Crippen LogP contribution in [0.25, 0.3) is 12.2 Å². The number of nitrogens with one attached hydrogen (secondary N) is 2. The summed E-state index contributed by atoms with van der Waals surface area (Å²) in [5.41, 5.74) is 4.52. The lowest BCUT2D eigenvalue weighted by Gasteiger charge is -2.35. The fourth-order valence-corrected chi connectivity index (χ4v) is 5.53. The van der Waals surface area contributed by atoms with Crippen LogP contribution in [0.5, 0.6) is 0 Å². The summed E-state index contributed by atoms with van der Waals surface area (Å²) in [7, 11) is -3.86. The van der Waals surface area contributed by atoms with Gasteiger partial charge in [-0.1, -0.05) is 66.7 Å². The number of hydrogen-bond acceptors (Lipinski definition) is 5. The average molecular weight is 549 g/mol. The van der Waals surface area contributed by atoms with Crippen molar-refractivity contribution in [2.75, 3.05) is 31.1 Å². The van der Waals surface area contributed by atoms with Crippen LogP contribution in [0.3, 0.4) is 0 Å². The van der Waals surface area contributed by atoms with Gasteiger partial charge in [0.25, 0.3) is 16.1 Å². The zero-order valence-electron chi connectivity index (χ0n) is 21.7. The lowest BCUT2D eigenvalue weighted by Crippen LogP contribution is -2.54. The first-order valence-corrected chi connectivity index (χ1v) is 14.1. The molecule has 1 aliphatic rings. The van der Waals surface area contributed by atoms with Crippen molar-refractivity contribution in [2.45, 2.75) is 19.5 Å². The number of carbonyl (C=O) groups excluding carboxylic acids is 1. The zero-order chi connectivity index (χ0) is 27.8. The van der Waals surface area contributed by atoms with E-state index in [1.807, 2.05) is 84.9 Å². The Labute approximate surface area is 228 Å². The first kappa shape index (κ1) is 28.0. The van der Waals surface area contributed by atoms with Crippen molar-refractivity contribution in [2.24, 2.45) is 0 Å². The van der Waals surface area contributed by atoms with E-state index in [4.69, 9.17) is 5.11 Å². The SMILES string of the molecule is C[C@@H](NS(=O)(=O)N1CCN(c2ccc(C=Cc3cccc(C(=O)NCc4ccccc4)c3)cc2)CC1)C(=O)O. The van der Waals surface area contributed by atoms with Crippen molar-refractivity contribution in [3.8, 4) is 0 Å². The molecule has 39 heavy (non-hydrogen) atoms. The number of aliphatic carboxylic acids is 1. The Hall–Kier alpha value is -3.99. The number of nitrogens with zero attached hydrogens (tertiary/aromatic N) is 2. The van der Waals surface area contributed by atoms with Crippen LogP contribution in [-0.2, 0) is 21.5 Å². The molecule has 0 aromatic heterocycles. The second-order valence-corrected chi connectivity index (χ2v) is 11.0. The number of carboxylic acid groups (broad SMARTS) is 1. The van der Waals surface area contributed by atoms with Crippen LogP contribution in [0.2, 0.25) is 0 Å². The van der Waals surface area contributed by atoms with Crippen LogP contribution in [0.4, 0.5) is 5.69 Å². The predicted octanol–water partition coefficient (Wildman–Crippen LogP) is 3.22. The van der Waals surface area contributed by atoms with E-state index in [-0.39, 0.29) is 19.0 Å². The third-order valence-electron chi connectivity index (χ3n) is 6.45.